The van der Waals surface area contributed by atoms with Crippen LogP contribution in [0.25, 0.3) is 0 Å². The molecule has 12 heavy (non-hydrogen) atoms. The van der Waals surface area contributed by atoms with Crippen molar-refractivity contribution in [3.05, 3.63) is 10.9 Å². The van der Waals surface area contributed by atoms with E-state index >= 15 is 0 Å². The quantitative estimate of drug-likeness (QED) is 0.338. The number of hydrogen-bond acceptors (Lipinski definition) is 0. The van der Waals surface area contributed by atoms with Gasteiger partial charge in [-0.25, -0.2) is 0 Å². The van der Waals surface area contributed by atoms with Crippen molar-refractivity contribution in [2.45, 2.75) is 6.18 Å². The molecule has 70 valence electrons. The normalized spacial score (nSPS) is 26.1. The summed E-state index contributed by atoms with van der Waals surface area (Å²) in [5.74, 6) is 0. The van der Waals surface area contributed by atoms with Crippen molar-refractivity contribution in [2.75, 3.05) is 0 Å². The molecule has 0 aromatic carbocycles. The molecule has 0 aromatic rings. The summed E-state index contributed by atoms with van der Waals surface area (Å²) in [6, 6.07) is 0. The van der Waals surface area contributed by atoms with Gasteiger partial charge in [0.15, 0.2) is 0 Å². The van der Waals surface area contributed by atoms with Crippen molar-refractivity contribution in [3.8, 4) is 0 Å². The number of halogens is 7. The van der Waals surface area contributed by atoms with Crippen LogP contribution < -0.4 is 0 Å². The minimum Gasteiger partial charge on any atom is -0.262 e. The van der Waals surface area contributed by atoms with Crippen molar-refractivity contribution < 1.29 is 29.6 Å². The highest BCUT2D eigenvalue weighted by atomic mass is 29.3. The van der Waals surface area contributed by atoms with Crippen LogP contribution in [-0.4, -0.2) is 22.7 Å². The average Bonchev–Trinajstić information content (AvgIpc) is 1.81. The molecule has 0 radical (unpaired) electrons. The Bertz CT molecular complexity index is 238. The maximum absolute atomic E-state index is 12.1. The monoisotopic (exact) mass is 226 g/mol. The highest BCUT2D eigenvalue weighted by Gasteiger charge is 2.79. The Kier molecular flexibility index (Phi) is 1.73. The zero-order valence-corrected chi connectivity index (χ0v) is 7.22. The van der Waals surface area contributed by atoms with E-state index < -0.39 is 33.6 Å². The molecule has 0 fully saturated rings. The van der Waals surface area contributed by atoms with Crippen LogP contribution in [0.5, 0.6) is 0 Å². The number of hydrogen-bond donors (Lipinski definition) is 0. The molecule has 1 heterocycles. The lowest BCUT2D eigenvalue weighted by molar-refractivity contribution is -0.0877. The second-order valence-electron chi connectivity index (χ2n) is 2.25. The fraction of sp³-hybridized carbons (Fsp3) is 0.333. The minimum absolute atomic E-state index is 0.570. The van der Waals surface area contributed by atoms with Crippen molar-refractivity contribution >= 4 is 16.5 Å². The molecule has 0 saturated heterocycles. The van der Waals surface area contributed by atoms with Crippen LogP contribution in [0.15, 0.2) is 10.9 Å². The topological polar surface area (TPSA) is 0 Å². The van der Waals surface area contributed by atoms with E-state index in [-0.39, 0.29) is 0 Å². The van der Waals surface area contributed by atoms with E-state index in [1.807, 2.05) is 0 Å². The second-order valence-corrected chi connectivity index (χ2v) is 9.36. The van der Waals surface area contributed by atoms with Crippen LogP contribution >= 0.6 is 0 Å². The third kappa shape index (κ3) is 1.11. The predicted octanol–water partition coefficient (Wildman–Crippen LogP) is 2.41. The molecule has 0 bridgehead atoms. The van der Waals surface area contributed by atoms with E-state index in [4.69, 9.17) is 0 Å². The zero-order chi connectivity index (χ0) is 9.78. The number of rotatable bonds is 0. The van der Waals surface area contributed by atoms with E-state index in [2.05, 4.69) is 0 Å². The van der Waals surface area contributed by atoms with Gasteiger partial charge < -0.3 is 0 Å². The van der Waals surface area contributed by atoms with Crippen LogP contribution in [-0.2, 0) is 0 Å². The van der Waals surface area contributed by atoms with E-state index in [9.17, 15) is 29.6 Å². The van der Waals surface area contributed by atoms with E-state index in [0.717, 1.165) is 0 Å². The first kappa shape index (κ1) is 9.77. The zero-order valence-electron chi connectivity index (χ0n) is 5.22. The third-order valence-electron chi connectivity index (χ3n) is 1.39. The summed E-state index contributed by atoms with van der Waals surface area (Å²) in [6.45, 7) is 0. The van der Waals surface area contributed by atoms with Crippen molar-refractivity contribution in [3.63, 3.8) is 0 Å². The first-order valence-corrected chi connectivity index (χ1v) is 7.24. The van der Waals surface area contributed by atoms with Crippen molar-refractivity contribution in [2.24, 2.45) is 0 Å². The van der Waals surface area contributed by atoms with Gasteiger partial charge in [0.05, 0.1) is 5.20 Å². The lowest BCUT2D eigenvalue weighted by Gasteiger charge is -2.30. The fourth-order valence-corrected chi connectivity index (χ4v) is 5.06. The molecule has 1 aliphatic rings. The average molecular weight is 226 g/mol. The standard InChI is InChI=1S/C3HF7Si2/c4-3(5,6)2-1-11(7,8)12(2,9)10/h1H. The first-order chi connectivity index (χ1) is 5.09. The Morgan fingerprint density at radius 1 is 1.00 bits per heavy atom. The minimum atomic E-state index is -6.40. The summed E-state index contributed by atoms with van der Waals surface area (Å²) in [4.78, 5) is 0. The summed E-state index contributed by atoms with van der Waals surface area (Å²) in [6.07, 6.45) is -5.29. The van der Waals surface area contributed by atoms with Crippen molar-refractivity contribution in [1.29, 1.82) is 0 Å². The van der Waals surface area contributed by atoms with Gasteiger partial charge in [0.2, 0.25) is 0 Å². The molecule has 0 aromatic heterocycles. The Labute approximate surface area is 64.2 Å². The van der Waals surface area contributed by atoms with Crippen molar-refractivity contribution in [1.82, 2.24) is 0 Å². The Morgan fingerprint density at radius 2 is 1.42 bits per heavy atom. The summed E-state index contributed by atoms with van der Waals surface area (Å²) in [5.41, 5.74) is -0.570. The number of allylic oxidation sites excluding steroid dienone is 1. The highest BCUT2D eigenvalue weighted by Crippen LogP contribution is 2.48. The molecule has 0 spiro atoms. The molecular weight excluding hydrogens is 225 g/mol. The predicted molar refractivity (Wildman–Crippen MR) is 30.1 cm³/mol. The largest absolute Gasteiger partial charge is 0.514 e. The Morgan fingerprint density at radius 3 is 1.50 bits per heavy atom. The Balaban J connectivity index is 3.02. The summed E-state index contributed by atoms with van der Waals surface area (Å²) in [7, 11) is -12.3. The second kappa shape index (κ2) is 2.13. The van der Waals surface area contributed by atoms with Crippen LogP contribution in [0.3, 0.4) is 0 Å². The van der Waals surface area contributed by atoms with Gasteiger partial charge in [0.1, 0.15) is 0 Å². The smallest absolute Gasteiger partial charge is 0.262 e. The molecule has 0 N–H and O–H groups in total. The lowest BCUT2D eigenvalue weighted by atomic mass is 10.6. The first-order valence-electron chi connectivity index (χ1n) is 2.65. The fourth-order valence-electron chi connectivity index (χ4n) is 0.724. The third-order valence-corrected chi connectivity index (χ3v) is 8.02. The maximum Gasteiger partial charge on any atom is 0.514 e. The summed E-state index contributed by atoms with van der Waals surface area (Å²) >= 11 is 0. The van der Waals surface area contributed by atoms with E-state index in [0.29, 0.717) is 0 Å². The van der Waals surface area contributed by atoms with Gasteiger partial charge in [0.25, 0.3) is 0 Å². The SMILES string of the molecule is FC(F)(F)C1=C[Si](F)(F)[Si]1(F)F. The van der Waals surface area contributed by atoms with Gasteiger partial charge in [-0.1, -0.05) is 0 Å². The molecule has 0 amide bonds. The Hall–Kier alpha value is -0.316. The lowest BCUT2D eigenvalue weighted by Crippen LogP contribution is -2.63. The highest BCUT2D eigenvalue weighted by molar-refractivity contribution is 7.40. The van der Waals surface area contributed by atoms with Gasteiger partial charge in [-0.2, -0.15) is 13.2 Å². The molecule has 0 nitrogen and oxygen atoms in total. The van der Waals surface area contributed by atoms with Gasteiger partial charge in [-0.15, -0.1) is 0 Å². The van der Waals surface area contributed by atoms with E-state index in [1.54, 1.807) is 0 Å². The number of alkyl halides is 3. The van der Waals surface area contributed by atoms with Crippen LogP contribution in [0, 0.1) is 0 Å². The van der Waals surface area contributed by atoms with Crippen LogP contribution in [0.2, 0.25) is 0 Å². The molecule has 0 unspecified atom stereocenters. The molecule has 0 aliphatic carbocycles. The van der Waals surface area contributed by atoms with Gasteiger partial charge in [-0.05, 0) is 5.70 Å². The molecule has 0 atom stereocenters. The van der Waals surface area contributed by atoms with Crippen LogP contribution in [0.4, 0.5) is 29.6 Å². The molecule has 1 rings (SSSR count). The molecule has 0 saturated carbocycles. The van der Waals surface area contributed by atoms with Gasteiger partial charge >= 0.3 is 22.7 Å². The van der Waals surface area contributed by atoms with Gasteiger partial charge in [0, 0.05) is 0 Å². The molecule has 9 heteroatoms. The summed E-state index contributed by atoms with van der Waals surface area (Å²) < 4.78 is 82.8. The molecular formula is C3HF7Si2. The maximum atomic E-state index is 12.1. The van der Waals surface area contributed by atoms with E-state index in [1.165, 1.54) is 0 Å². The van der Waals surface area contributed by atoms with Gasteiger partial charge in [-0.3, -0.25) is 16.4 Å². The summed E-state index contributed by atoms with van der Waals surface area (Å²) in [5, 5.41) is -2.27. The van der Waals surface area contributed by atoms with Crippen LogP contribution in [0.1, 0.15) is 0 Å². The molecule has 1 aliphatic heterocycles.